The highest BCUT2D eigenvalue weighted by molar-refractivity contribution is 5.22. The highest BCUT2D eigenvalue weighted by Crippen LogP contribution is 2.11. The first kappa shape index (κ1) is 14.0. The van der Waals surface area contributed by atoms with Gasteiger partial charge in [0.05, 0.1) is 6.10 Å². The zero-order chi connectivity index (χ0) is 12.7. The molecule has 0 spiro atoms. The second-order valence-corrected chi connectivity index (χ2v) is 4.57. The zero-order valence-electron chi connectivity index (χ0n) is 11.0. The molecular weight excluding hydrogens is 212 g/mol. The molecular formula is C14H24N2O. The van der Waals surface area contributed by atoms with Gasteiger partial charge in [-0.25, -0.2) is 0 Å². The lowest BCUT2D eigenvalue weighted by molar-refractivity contribution is 0.243. The summed E-state index contributed by atoms with van der Waals surface area (Å²) in [5, 5.41) is 9.30. The summed E-state index contributed by atoms with van der Waals surface area (Å²) in [6.07, 6.45) is 8.37. The van der Waals surface area contributed by atoms with Gasteiger partial charge in [0.15, 0.2) is 0 Å². The Morgan fingerprint density at radius 1 is 1.29 bits per heavy atom. The van der Waals surface area contributed by atoms with E-state index in [0.29, 0.717) is 0 Å². The molecule has 1 rings (SSSR count). The largest absolute Gasteiger partial charge is 0.389 e. The van der Waals surface area contributed by atoms with Crippen molar-refractivity contribution in [2.75, 3.05) is 33.2 Å². The van der Waals surface area contributed by atoms with Gasteiger partial charge >= 0.3 is 0 Å². The maximum atomic E-state index is 9.30. The van der Waals surface area contributed by atoms with Gasteiger partial charge in [0.1, 0.15) is 0 Å². The molecule has 1 saturated heterocycles. The molecule has 3 nitrogen and oxygen atoms in total. The van der Waals surface area contributed by atoms with Gasteiger partial charge < -0.3 is 14.9 Å². The van der Waals surface area contributed by atoms with Gasteiger partial charge in [-0.3, -0.25) is 0 Å². The molecule has 0 aliphatic carbocycles. The average Bonchev–Trinajstić information content (AvgIpc) is 2.49. The van der Waals surface area contributed by atoms with E-state index in [-0.39, 0.29) is 0 Å². The Bertz CT molecular complexity index is 295. The molecule has 1 unspecified atom stereocenters. The fourth-order valence-electron chi connectivity index (χ4n) is 1.93. The minimum Gasteiger partial charge on any atom is -0.389 e. The Morgan fingerprint density at radius 3 is 2.71 bits per heavy atom. The van der Waals surface area contributed by atoms with Gasteiger partial charge in [-0.15, -0.1) is 0 Å². The normalized spacial score (nSPS) is 21.6. The Kier molecular flexibility index (Phi) is 6.01. The first-order valence-electron chi connectivity index (χ1n) is 6.26. The second kappa shape index (κ2) is 7.30. The Morgan fingerprint density at radius 2 is 2.06 bits per heavy atom. The number of aliphatic hydroxyl groups is 1. The number of allylic oxidation sites excluding steroid dienone is 3. The van der Waals surface area contributed by atoms with Crippen LogP contribution in [0.1, 0.15) is 13.3 Å². The summed E-state index contributed by atoms with van der Waals surface area (Å²) < 4.78 is 0. The van der Waals surface area contributed by atoms with E-state index in [4.69, 9.17) is 0 Å². The standard InChI is InChI=1S/C14H24N2O/c1-4-6-14(8-7-13(2)17)16-10-5-9-15(3)11-12-16/h4,6-8,13,17H,1,5,9-12H2,2-3H3/b8-7-,14-6+. The van der Waals surface area contributed by atoms with Crippen LogP contribution in [0.3, 0.4) is 0 Å². The highest BCUT2D eigenvalue weighted by atomic mass is 16.3. The van der Waals surface area contributed by atoms with Gasteiger partial charge in [-0.05, 0) is 39.1 Å². The smallest absolute Gasteiger partial charge is 0.0696 e. The SMILES string of the molecule is C=C/C=C(\C=C/C(C)O)N1CCCN(C)CC1. The van der Waals surface area contributed by atoms with Crippen LogP contribution in [-0.2, 0) is 0 Å². The van der Waals surface area contributed by atoms with Crippen molar-refractivity contribution in [3.8, 4) is 0 Å². The molecule has 1 fully saturated rings. The van der Waals surface area contributed by atoms with Crippen LogP contribution in [0.4, 0.5) is 0 Å². The van der Waals surface area contributed by atoms with Crippen LogP contribution in [0.5, 0.6) is 0 Å². The quantitative estimate of drug-likeness (QED) is 0.752. The summed E-state index contributed by atoms with van der Waals surface area (Å²) >= 11 is 0. The fourth-order valence-corrected chi connectivity index (χ4v) is 1.93. The lowest BCUT2D eigenvalue weighted by Gasteiger charge is -2.23. The van der Waals surface area contributed by atoms with Crippen LogP contribution in [0.15, 0.2) is 36.6 Å². The molecule has 0 aromatic heterocycles. The number of likely N-dealkylation sites (N-methyl/N-ethyl adjacent to an activating group) is 1. The Hall–Kier alpha value is -1.06. The molecule has 0 radical (unpaired) electrons. The monoisotopic (exact) mass is 236 g/mol. The topological polar surface area (TPSA) is 26.7 Å². The molecule has 1 aliphatic heterocycles. The van der Waals surface area contributed by atoms with Crippen molar-refractivity contribution in [1.82, 2.24) is 9.80 Å². The first-order valence-corrected chi connectivity index (χ1v) is 6.26. The van der Waals surface area contributed by atoms with E-state index in [1.54, 1.807) is 13.0 Å². The third-order valence-corrected chi connectivity index (χ3v) is 2.92. The molecule has 1 N–H and O–H groups in total. The molecule has 96 valence electrons. The van der Waals surface area contributed by atoms with E-state index in [2.05, 4.69) is 23.4 Å². The van der Waals surface area contributed by atoms with Gasteiger partial charge in [0.2, 0.25) is 0 Å². The van der Waals surface area contributed by atoms with E-state index >= 15 is 0 Å². The van der Waals surface area contributed by atoms with Crippen molar-refractivity contribution >= 4 is 0 Å². The van der Waals surface area contributed by atoms with Crippen LogP contribution in [0.25, 0.3) is 0 Å². The van der Waals surface area contributed by atoms with Crippen LogP contribution in [0.2, 0.25) is 0 Å². The highest BCUT2D eigenvalue weighted by Gasteiger charge is 2.12. The van der Waals surface area contributed by atoms with E-state index in [1.807, 2.05) is 18.2 Å². The lowest BCUT2D eigenvalue weighted by atomic mass is 10.2. The van der Waals surface area contributed by atoms with Crippen LogP contribution >= 0.6 is 0 Å². The lowest BCUT2D eigenvalue weighted by Crippen LogP contribution is -2.28. The van der Waals surface area contributed by atoms with Crippen molar-refractivity contribution in [3.05, 3.63) is 36.6 Å². The van der Waals surface area contributed by atoms with E-state index in [1.165, 1.54) is 6.42 Å². The molecule has 3 heteroatoms. The Labute approximate surface area is 105 Å². The van der Waals surface area contributed by atoms with Crippen molar-refractivity contribution in [1.29, 1.82) is 0 Å². The van der Waals surface area contributed by atoms with Crippen LogP contribution < -0.4 is 0 Å². The van der Waals surface area contributed by atoms with Crippen LogP contribution in [0, 0.1) is 0 Å². The second-order valence-electron chi connectivity index (χ2n) is 4.57. The number of hydrogen-bond donors (Lipinski definition) is 1. The van der Waals surface area contributed by atoms with Gasteiger partial charge in [-0.2, -0.15) is 0 Å². The third kappa shape index (κ3) is 5.20. The molecule has 0 aromatic carbocycles. The predicted octanol–water partition coefficient (Wildman–Crippen LogP) is 1.63. The van der Waals surface area contributed by atoms with Crippen LogP contribution in [-0.4, -0.2) is 54.2 Å². The van der Waals surface area contributed by atoms with Gasteiger partial charge in [0, 0.05) is 25.3 Å². The minimum absolute atomic E-state index is 0.405. The summed E-state index contributed by atoms with van der Waals surface area (Å²) in [6.45, 7) is 9.84. The number of hydrogen-bond acceptors (Lipinski definition) is 3. The van der Waals surface area contributed by atoms with Crippen molar-refractivity contribution in [2.24, 2.45) is 0 Å². The van der Waals surface area contributed by atoms with E-state index in [9.17, 15) is 5.11 Å². The van der Waals surface area contributed by atoms with Crippen molar-refractivity contribution in [3.63, 3.8) is 0 Å². The number of rotatable bonds is 4. The first-order chi connectivity index (χ1) is 8.13. The summed E-state index contributed by atoms with van der Waals surface area (Å²) in [4.78, 5) is 4.70. The fraction of sp³-hybridized carbons (Fsp3) is 0.571. The summed E-state index contributed by atoms with van der Waals surface area (Å²) in [6, 6.07) is 0. The van der Waals surface area contributed by atoms with Crippen molar-refractivity contribution in [2.45, 2.75) is 19.4 Å². The van der Waals surface area contributed by atoms with E-state index in [0.717, 1.165) is 31.9 Å². The minimum atomic E-state index is -0.405. The van der Waals surface area contributed by atoms with Gasteiger partial charge in [-0.1, -0.05) is 18.7 Å². The molecule has 1 atom stereocenters. The Balaban J connectivity index is 2.69. The molecule has 1 heterocycles. The average molecular weight is 236 g/mol. The summed E-state index contributed by atoms with van der Waals surface area (Å²) in [7, 11) is 2.16. The molecule has 0 bridgehead atoms. The van der Waals surface area contributed by atoms with Crippen molar-refractivity contribution < 1.29 is 5.11 Å². The molecule has 0 saturated carbocycles. The third-order valence-electron chi connectivity index (χ3n) is 2.92. The summed E-state index contributed by atoms with van der Waals surface area (Å²) in [5.41, 5.74) is 1.14. The zero-order valence-corrected chi connectivity index (χ0v) is 11.0. The molecule has 0 aromatic rings. The number of nitrogens with zero attached hydrogens (tertiary/aromatic N) is 2. The van der Waals surface area contributed by atoms with E-state index < -0.39 is 6.10 Å². The molecule has 17 heavy (non-hydrogen) atoms. The molecule has 0 amide bonds. The predicted molar refractivity (Wildman–Crippen MR) is 72.8 cm³/mol. The maximum absolute atomic E-state index is 9.30. The number of aliphatic hydroxyl groups excluding tert-OH is 1. The summed E-state index contributed by atoms with van der Waals surface area (Å²) in [5.74, 6) is 0. The molecule has 1 aliphatic rings. The van der Waals surface area contributed by atoms with Gasteiger partial charge in [0.25, 0.3) is 0 Å². The maximum Gasteiger partial charge on any atom is 0.0696 e.